The normalized spacial score (nSPS) is 19.2. The molecule has 4 rings (SSSR count). The zero-order chi connectivity index (χ0) is 20.1. The Morgan fingerprint density at radius 1 is 0.862 bits per heavy atom. The van der Waals surface area contributed by atoms with Gasteiger partial charge in [-0.2, -0.15) is 0 Å². The predicted octanol–water partition coefficient (Wildman–Crippen LogP) is 4.01. The van der Waals surface area contributed by atoms with Gasteiger partial charge < -0.3 is 10.0 Å². The molecule has 2 aliphatic rings. The summed E-state index contributed by atoms with van der Waals surface area (Å²) in [6.07, 6.45) is 6.33. The Bertz CT molecular complexity index is 780. The molecule has 2 aromatic carbocycles. The largest absolute Gasteiger partial charge is 0.508 e. The molecule has 0 radical (unpaired) electrons. The van der Waals surface area contributed by atoms with E-state index in [4.69, 9.17) is 0 Å². The Morgan fingerprint density at radius 2 is 1.48 bits per heavy atom. The van der Waals surface area contributed by atoms with Crippen LogP contribution in [-0.4, -0.2) is 59.6 Å². The molecule has 0 bridgehead atoms. The van der Waals surface area contributed by atoms with E-state index in [0.29, 0.717) is 12.6 Å². The molecule has 29 heavy (non-hydrogen) atoms. The molecular formula is C24H31N3O2. The third kappa shape index (κ3) is 4.98. The van der Waals surface area contributed by atoms with Gasteiger partial charge in [-0.1, -0.05) is 24.6 Å². The summed E-state index contributed by atoms with van der Waals surface area (Å²) in [7, 11) is 0. The summed E-state index contributed by atoms with van der Waals surface area (Å²) in [5, 5.41) is 9.63. The molecular weight excluding hydrogens is 362 g/mol. The Labute approximate surface area is 173 Å². The van der Waals surface area contributed by atoms with E-state index >= 15 is 0 Å². The number of para-hydroxylation sites is 1. The molecule has 2 heterocycles. The number of aromatic hydroxyl groups is 1. The van der Waals surface area contributed by atoms with Gasteiger partial charge in [0.2, 0.25) is 5.91 Å². The van der Waals surface area contributed by atoms with Crippen LogP contribution in [0.2, 0.25) is 0 Å². The molecule has 0 aromatic heterocycles. The van der Waals surface area contributed by atoms with Gasteiger partial charge >= 0.3 is 0 Å². The van der Waals surface area contributed by atoms with E-state index in [1.807, 2.05) is 30.3 Å². The highest BCUT2D eigenvalue weighted by Crippen LogP contribution is 2.28. The monoisotopic (exact) mass is 393 g/mol. The van der Waals surface area contributed by atoms with Crippen LogP contribution in [0.3, 0.4) is 0 Å². The molecule has 0 unspecified atom stereocenters. The maximum Gasteiger partial charge on any atom is 0.245 e. The lowest BCUT2D eigenvalue weighted by Gasteiger charge is -2.40. The summed E-state index contributed by atoms with van der Waals surface area (Å²) in [6, 6.07) is 17.3. The molecule has 0 atom stereocenters. The van der Waals surface area contributed by atoms with Gasteiger partial charge in [0.1, 0.15) is 5.75 Å². The van der Waals surface area contributed by atoms with Crippen molar-refractivity contribution in [2.75, 3.05) is 37.6 Å². The second-order valence-corrected chi connectivity index (χ2v) is 8.19. The molecule has 1 N–H and O–H groups in total. The summed E-state index contributed by atoms with van der Waals surface area (Å²) < 4.78 is 0. The first-order valence-corrected chi connectivity index (χ1v) is 10.8. The van der Waals surface area contributed by atoms with E-state index in [9.17, 15) is 9.90 Å². The average Bonchev–Trinajstić information content (AvgIpc) is 2.77. The van der Waals surface area contributed by atoms with Gasteiger partial charge in [0.25, 0.3) is 0 Å². The average molecular weight is 394 g/mol. The smallest absolute Gasteiger partial charge is 0.245 e. The van der Waals surface area contributed by atoms with Crippen LogP contribution >= 0.6 is 0 Å². The van der Waals surface area contributed by atoms with Crippen molar-refractivity contribution in [3.63, 3.8) is 0 Å². The fourth-order valence-electron chi connectivity index (χ4n) is 4.60. The number of piperidine rings is 2. The van der Waals surface area contributed by atoms with Gasteiger partial charge in [-0.3, -0.25) is 14.6 Å². The van der Waals surface area contributed by atoms with Crippen molar-refractivity contribution in [2.24, 2.45) is 0 Å². The Balaban J connectivity index is 1.41. The fraction of sp³-hybridized carbons (Fsp3) is 0.458. The Morgan fingerprint density at radius 3 is 2.14 bits per heavy atom. The Hall–Kier alpha value is -2.37. The number of likely N-dealkylation sites (tertiary alicyclic amines) is 2. The fourth-order valence-corrected chi connectivity index (χ4v) is 4.60. The second-order valence-electron chi connectivity index (χ2n) is 8.19. The minimum atomic E-state index is 0.0679. The molecule has 2 fully saturated rings. The second kappa shape index (κ2) is 9.42. The number of rotatable bonds is 5. The van der Waals surface area contributed by atoms with E-state index in [2.05, 4.69) is 9.80 Å². The lowest BCUT2D eigenvalue weighted by molar-refractivity contribution is -0.119. The van der Waals surface area contributed by atoms with Gasteiger partial charge in [-0.15, -0.1) is 0 Å². The van der Waals surface area contributed by atoms with Gasteiger partial charge in [0.05, 0.1) is 6.54 Å². The molecule has 154 valence electrons. The third-order valence-corrected chi connectivity index (χ3v) is 6.19. The molecule has 1 amide bonds. The van der Waals surface area contributed by atoms with Crippen LogP contribution in [0.1, 0.15) is 32.1 Å². The summed E-state index contributed by atoms with van der Waals surface area (Å²) in [5.74, 6) is 0.271. The molecule has 5 heteroatoms. The number of hydrogen-bond acceptors (Lipinski definition) is 4. The van der Waals surface area contributed by atoms with Crippen LogP contribution in [0.15, 0.2) is 54.6 Å². The van der Waals surface area contributed by atoms with Crippen LogP contribution in [0.5, 0.6) is 5.75 Å². The van der Waals surface area contributed by atoms with Crippen LogP contribution in [-0.2, 0) is 4.79 Å². The number of amides is 1. The molecule has 0 spiro atoms. The first-order valence-electron chi connectivity index (χ1n) is 10.8. The first-order chi connectivity index (χ1) is 14.2. The van der Waals surface area contributed by atoms with E-state index in [0.717, 1.165) is 37.3 Å². The standard InChI is InChI=1S/C24H31N3O2/c28-23-11-9-22(10-12-23)27(21-7-3-1-4-8-21)24(29)19-25-17-13-20(14-18-25)26-15-5-2-6-16-26/h1,3-4,7-12,20,28H,2,5-6,13-19H2. The predicted molar refractivity (Wildman–Crippen MR) is 117 cm³/mol. The summed E-state index contributed by atoms with van der Waals surface area (Å²) in [6.45, 7) is 4.86. The highest BCUT2D eigenvalue weighted by Gasteiger charge is 2.28. The van der Waals surface area contributed by atoms with E-state index in [1.54, 1.807) is 29.2 Å². The van der Waals surface area contributed by atoms with E-state index < -0.39 is 0 Å². The number of anilines is 2. The lowest BCUT2D eigenvalue weighted by Crippen LogP contribution is -2.48. The maximum absolute atomic E-state index is 13.3. The minimum Gasteiger partial charge on any atom is -0.508 e. The minimum absolute atomic E-state index is 0.0679. The topological polar surface area (TPSA) is 47.0 Å². The number of hydrogen-bond donors (Lipinski definition) is 1. The molecule has 0 aliphatic carbocycles. The van der Waals surface area contributed by atoms with Crippen LogP contribution in [0.25, 0.3) is 0 Å². The first kappa shape index (κ1) is 19.9. The molecule has 0 saturated carbocycles. The van der Waals surface area contributed by atoms with E-state index in [-0.39, 0.29) is 11.7 Å². The van der Waals surface area contributed by atoms with Crippen molar-refractivity contribution < 1.29 is 9.90 Å². The number of carbonyl (C=O) groups is 1. The molecule has 2 aromatic rings. The Kier molecular flexibility index (Phi) is 6.47. The highest BCUT2D eigenvalue weighted by molar-refractivity contribution is 6.01. The van der Waals surface area contributed by atoms with Crippen LogP contribution < -0.4 is 4.90 Å². The van der Waals surface area contributed by atoms with Crippen LogP contribution in [0.4, 0.5) is 11.4 Å². The molecule has 5 nitrogen and oxygen atoms in total. The van der Waals surface area contributed by atoms with Crippen molar-refractivity contribution >= 4 is 17.3 Å². The maximum atomic E-state index is 13.3. The quantitative estimate of drug-likeness (QED) is 0.834. The van der Waals surface area contributed by atoms with Gasteiger partial charge in [-0.05, 0) is 75.2 Å². The number of phenolic OH excluding ortho intramolecular Hbond substituents is 1. The number of nitrogens with zero attached hydrogens (tertiary/aromatic N) is 3. The lowest BCUT2D eigenvalue weighted by atomic mass is 10.00. The SMILES string of the molecule is O=C(CN1CCC(N2CCCCC2)CC1)N(c1ccccc1)c1ccc(O)cc1. The summed E-state index contributed by atoms with van der Waals surface area (Å²) in [5.41, 5.74) is 1.63. The third-order valence-electron chi connectivity index (χ3n) is 6.19. The summed E-state index contributed by atoms with van der Waals surface area (Å²) in [4.78, 5) is 20.0. The van der Waals surface area contributed by atoms with Crippen molar-refractivity contribution in [3.8, 4) is 5.75 Å². The van der Waals surface area contributed by atoms with Gasteiger partial charge in [0.15, 0.2) is 0 Å². The number of phenols is 1. The zero-order valence-electron chi connectivity index (χ0n) is 17.0. The van der Waals surface area contributed by atoms with Crippen molar-refractivity contribution in [3.05, 3.63) is 54.6 Å². The zero-order valence-corrected chi connectivity index (χ0v) is 17.0. The highest BCUT2D eigenvalue weighted by atomic mass is 16.3. The summed E-state index contributed by atoms with van der Waals surface area (Å²) >= 11 is 0. The number of carbonyl (C=O) groups excluding carboxylic acids is 1. The van der Waals surface area contributed by atoms with Crippen LogP contribution in [0, 0.1) is 0 Å². The molecule has 2 aliphatic heterocycles. The number of benzene rings is 2. The van der Waals surface area contributed by atoms with Gasteiger partial charge in [0, 0.05) is 30.5 Å². The van der Waals surface area contributed by atoms with Crippen molar-refractivity contribution in [1.29, 1.82) is 0 Å². The molecule has 2 saturated heterocycles. The van der Waals surface area contributed by atoms with Gasteiger partial charge in [-0.25, -0.2) is 0 Å². The van der Waals surface area contributed by atoms with Crippen molar-refractivity contribution in [1.82, 2.24) is 9.80 Å². The van der Waals surface area contributed by atoms with Crippen molar-refractivity contribution in [2.45, 2.75) is 38.1 Å². The van der Waals surface area contributed by atoms with E-state index in [1.165, 1.54) is 32.4 Å².